The molecule has 0 fully saturated rings. The number of nitro groups is 1. The van der Waals surface area contributed by atoms with Crippen LogP contribution in [0.25, 0.3) is 0 Å². The molecular weight excluding hydrogens is 188 g/mol. The van der Waals surface area contributed by atoms with E-state index >= 15 is 0 Å². The summed E-state index contributed by atoms with van der Waals surface area (Å²) in [5.74, 6) is 0.382. The van der Waals surface area contributed by atoms with Crippen molar-refractivity contribution in [2.24, 2.45) is 0 Å². The van der Waals surface area contributed by atoms with Crippen LogP contribution < -0.4 is 0 Å². The Bertz CT molecular complexity index is 433. The Labute approximate surface area is 78.1 Å². The smallest absolute Gasteiger partial charge is 0.410 e. The average molecular weight is 194 g/mol. The zero-order valence-electron chi connectivity index (χ0n) is 7.03. The van der Waals surface area contributed by atoms with Crippen LogP contribution >= 0.6 is 0 Å². The molecule has 0 spiro atoms. The summed E-state index contributed by atoms with van der Waals surface area (Å²) in [6.45, 7) is 0.292. The summed E-state index contributed by atoms with van der Waals surface area (Å²) in [6.07, 6.45) is 2.62. The second-order valence-electron chi connectivity index (χ2n) is 2.57. The lowest BCUT2D eigenvalue weighted by Crippen LogP contribution is -2.03. The van der Waals surface area contributed by atoms with Crippen LogP contribution in [0.3, 0.4) is 0 Å². The molecule has 0 saturated heterocycles. The molecule has 0 aliphatic rings. The monoisotopic (exact) mass is 194 g/mol. The minimum Gasteiger partial charge on any atom is -0.467 e. The molecule has 0 aromatic carbocycles. The molecule has 72 valence electrons. The Balaban J connectivity index is 2.14. The highest BCUT2D eigenvalue weighted by atomic mass is 16.6. The van der Waals surface area contributed by atoms with Crippen molar-refractivity contribution in [2.75, 3.05) is 0 Å². The predicted octanol–water partition coefficient (Wildman–Crippen LogP) is 0.828. The van der Waals surface area contributed by atoms with Crippen molar-refractivity contribution in [2.45, 2.75) is 6.54 Å². The maximum Gasteiger partial charge on any atom is 0.410 e. The molecule has 2 aromatic heterocycles. The Morgan fingerprint density at radius 3 is 3.07 bits per heavy atom. The first-order chi connectivity index (χ1) is 6.75. The molecule has 0 N–H and O–H groups in total. The number of hydrogen-bond acceptors (Lipinski definition) is 5. The maximum absolute atomic E-state index is 10.3. The lowest BCUT2D eigenvalue weighted by molar-refractivity contribution is -0.389. The first kappa shape index (κ1) is 8.42. The zero-order chi connectivity index (χ0) is 9.97. The highest BCUT2D eigenvalue weighted by molar-refractivity contribution is 5.08. The Hall–Kier alpha value is -2.18. The van der Waals surface area contributed by atoms with E-state index in [0.717, 1.165) is 6.20 Å². The lowest BCUT2D eigenvalue weighted by Gasteiger charge is -1.89. The van der Waals surface area contributed by atoms with E-state index in [4.69, 9.17) is 4.42 Å². The van der Waals surface area contributed by atoms with Crippen LogP contribution in [0.1, 0.15) is 5.76 Å². The number of aromatic nitrogens is 3. The average Bonchev–Trinajstić information content (AvgIpc) is 2.75. The molecule has 0 radical (unpaired) electrons. The number of hydrogen-bond donors (Lipinski definition) is 0. The number of rotatable bonds is 3. The van der Waals surface area contributed by atoms with Crippen molar-refractivity contribution in [1.82, 2.24) is 15.0 Å². The Morgan fingerprint density at radius 2 is 2.50 bits per heavy atom. The van der Waals surface area contributed by atoms with E-state index in [1.165, 1.54) is 11.1 Å². The van der Waals surface area contributed by atoms with Gasteiger partial charge in [-0.2, -0.15) is 0 Å². The van der Waals surface area contributed by atoms with E-state index in [-0.39, 0.29) is 5.82 Å². The molecule has 0 aliphatic carbocycles. The zero-order valence-corrected chi connectivity index (χ0v) is 7.03. The Kier molecular flexibility index (Phi) is 1.98. The first-order valence-corrected chi connectivity index (χ1v) is 3.82. The summed E-state index contributed by atoms with van der Waals surface area (Å²) in [5, 5.41) is 17.6. The second-order valence-corrected chi connectivity index (χ2v) is 2.57. The topological polar surface area (TPSA) is 87.0 Å². The van der Waals surface area contributed by atoms with Crippen molar-refractivity contribution in [3.8, 4) is 0 Å². The molecule has 2 rings (SSSR count). The highest BCUT2D eigenvalue weighted by Gasteiger charge is 2.13. The van der Waals surface area contributed by atoms with E-state index in [0.29, 0.717) is 12.3 Å². The normalized spacial score (nSPS) is 10.3. The summed E-state index contributed by atoms with van der Waals surface area (Å²) >= 11 is 0. The van der Waals surface area contributed by atoms with Crippen LogP contribution in [0.4, 0.5) is 5.82 Å². The van der Waals surface area contributed by atoms with Gasteiger partial charge in [-0.3, -0.25) is 0 Å². The first-order valence-electron chi connectivity index (χ1n) is 3.82. The van der Waals surface area contributed by atoms with Crippen LogP contribution in [0.5, 0.6) is 0 Å². The van der Waals surface area contributed by atoms with Crippen molar-refractivity contribution in [3.63, 3.8) is 0 Å². The van der Waals surface area contributed by atoms with Gasteiger partial charge < -0.3 is 14.5 Å². The third-order valence-corrected chi connectivity index (χ3v) is 1.59. The van der Waals surface area contributed by atoms with Crippen LogP contribution in [0.15, 0.2) is 29.0 Å². The van der Waals surface area contributed by atoms with Gasteiger partial charge in [0.1, 0.15) is 12.3 Å². The van der Waals surface area contributed by atoms with Crippen molar-refractivity contribution in [3.05, 3.63) is 40.5 Å². The van der Waals surface area contributed by atoms with Gasteiger partial charge in [0.25, 0.3) is 0 Å². The van der Waals surface area contributed by atoms with E-state index < -0.39 is 4.92 Å². The van der Waals surface area contributed by atoms with Crippen molar-refractivity contribution >= 4 is 5.82 Å². The summed E-state index contributed by atoms with van der Waals surface area (Å²) in [7, 11) is 0. The van der Waals surface area contributed by atoms with Crippen LogP contribution in [-0.4, -0.2) is 19.9 Å². The summed E-state index contributed by atoms with van der Waals surface area (Å²) < 4.78 is 5.04. The van der Waals surface area contributed by atoms with E-state index in [1.54, 1.807) is 12.1 Å². The molecule has 0 aliphatic heterocycles. The molecule has 0 atom stereocenters. The molecule has 0 bridgehead atoms. The largest absolute Gasteiger partial charge is 0.467 e. The van der Waals surface area contributed by atoms with Crippen LogP contribution in [0.2, 0.25) is 0 Å². The number of furan rings is 1. The minimum absolute atomic E-state index is 0.267. The standard InChI is InChI=1S/C7H6N4O3/c12-11(13)7-4-8-10(9-7)5-6-2-1-3-14-6/h1-4H,5H2. The summed E-state index contributed by atoms with van der Waals surface area (Å²) in [4.78, 5) is 10.9. The summed E-state index contributed by atoms with van der Waals surface area (Å²) in [6, 6.07) is 3.47. The fourth-order valence-electron chi connectivity index (χ4n) is 0.990. The molecule has 7 heteroatoms. The lowest BCUT2D eigenvalue weighted by atomic mass is 10.5. The van der Waals surface area contributed by atoms with E-state index in [1.807, 2.05) is 0 Å². The van der Waals surface area contributed by atoms with E-state index in [9.17, 15) is 10.1 Å². The Morgan fingerprint density at radius 1 is 1.64 bits per heavy atom. The molecule has 14 heavy (non-hydrogen) atoms. The van der Waals surface area contributed by atoms with Gasteiger partial charge in [0.2, 0.25) is 0 Å². The van der Waals surface area contributed by atoms with Crippen molar-refractivity contribution in [1.29, 1.82) is 0 Å². The fourth-order valence-corrected chi connectivity index (χ4v) is 0.990. The summed E-state index contributed by atoms with van der Waals surface area (Å²) in [5.41, 5.74) is 0. The van der Waals surface area contributed by atoms with Gasteiger partial charge in [0.05, 0.1) is 11.4 Å². The van der Waals surface area contributed by atoms with Gasteiger partial charge in [-0.1, -0.05) is 4.80 Å². The van der Waals surface area contributed by atoms with Gasteiger partial charge >= 0.3 is 5.82 Å². The van der Waals surface area contributed by atoms with Crippen LogP contribution in [0, 0.1) is 10.1 Å². The second kappa shape index (κ2) is 3.29. The number of nitrogens with zero attached hydrogens (tertiary/aromatic N) is 4. The van der Waals surface area contributed by atoms with Gasteiger partial charge in [-0.05, 0) is 17.1 Å². The molecule has 0 amide bonds. The van der Waals surface area contributed by atoms with Gasteiger partial charge in [0.15, 0.2) is 6.20 Å². The minimum atomic E-state index is -0.592. The fraction of sp³-hybridized carbons (Fsp3) is 0.143. The quantitative estimate of drug-likeness (QED) is 0.533. The van der Waals surface area contributed by atoms with Crippen LogP contribution in [-0.2, 0) is 6.54 Å². The molecule has 2 aromatic rings. The highest BCUT2D eigenvalue weighted by Crippen LogP contribution is 2.05. The SMILES string of the molecule is O=[N+]([O-])c1cnn(Cc2ccco2)n1. The molecule has 0 unspecified atom stereocenters. The third-order valence-electron chi connectivity index (χ3n) is 1.59. The molecule has 0 saturated carbocycles. The van der Waals surface area contributed by atoms with Gasteiger partial charge in [-0.15, -0.1) is 5.10 Å². The molecule has 7 nitrogen and oxygen atoms in total. The molecule has 2 heterocycles. The third kappa shape index (κ3) is 1.60. The van der Waals surface area contributed by atoms with Gasteiger partial charge in [0, 0.05) is 0 Å². The van der Waals surface area contributed by atoms with E-state index in [2.05, 4.69) is 10.2 Å². The predicted molar refractivity (Wildman–Crippen MR) is 44.5 cm³/mol. The maximum atomic E-state index is 10.3. The van der Waals surface area contributed by atoms with Gasteiger partial charge in [-0.25, -0.2) is 0 Å². The van der Waals surface area contributed by atoms with Crippen molar-refractivity contribution < 1.29 is 9.34 Å². The molecular formula is C7H6N4O3.